The molecule has 0 spiro atoms. The van der Waals surface area contributed by atoms with Crippen LogP contribution in [0.25, 0.3) is 0 Å². The highest BCUT2D eigenvalue weighted by molar-refractivity contribution is 5.68. The van der Waals surface area contributed by atoms with Gasteiger partial charge in [0, 0.05) is 13.1 Å². The summed E-state index contributed by atoms with van der Waals surface area (Å²) in [4.78, 5) is 13.9. The molecule has 7 nitrogen and oxygen atoms in total. The lowest BCUT2D eigenvalue weighted by Gasteiger charge is -2.30. The first-order valence-corrected chi connectivity index (χ1v) is 8.82. The lowest BCUT2D eigenvalue weighted by molar-refractivity contribution is 0.0193. The molecule has 0 atom stereocenters. The molecule has 0 saturated carbocycles. The number of hydrogen-bond acceptors (Lipinski definition) is 5. The Hall–Kier alpha value is -2.57. The van der Waals surface area contributed by atoms with Gasteiger partial charge in [0.25, 0.3) is 0 Å². The molecule has 0 aliphatic carbocycles. The third kappa shape index (κ3) is 4.15. The van der Waals surface area contributed by atoms with Crippen LogP contribution < -0.4 is 4.74 Å². The Morgan fingerprint density at radius 1 is 1.19 bits per heavy atom. The van der Waals surface area contributed by atoms with E-state index in [9.17, 15) is 4.79 Å². The Morgan fingerprint density at radius 3 is 2.69 bits per heavy atom. The van der Waals surface area contributed by atoms with E-state index >= 15 is 0 Å². The first kappa shape index (κ1) is 18.2. The van der Waals surface area contributed by atoms with Gasteiger partial charge >= 0.3 is 6.09 Å². The monoisotopic (exact) mass is 358 g/mol. The number of nitrogens with zero attached hydrogens (tertiary/aromatic N) is 4. The Labute approximate surface area is 153 Å². The van der Waals surface area contributed by atoms with Gasteiger partial charge < -0.3 is 14.0 Å². The van der Waals surface area contributed by atoms with Gasteiger partial charge in [-0.1, -0.05) is 12.1 Å². The van der Waals surface area contributed by atoms with Gasteiger partial charge in [-0.15, -0.1) is 10.2 Å². The van der Waals surface area contributed by atoms with Crippen LogP contribution >= 0.6 is 0 Å². The molecule has 0 bridgehead atoms. The molecule has 1 aromatic heterocycles. The number of amides is 1. The minimum Gasteiger partial charge on any atom is -0.485 e. The number of carbonyl (C=O) groups excluding carboxylic acids is 1. The molecule has 2 aromatic rings. The van der Waals surface area contributed by atoms with Gasteiger partial charge in [0.05, 0.1) is 6.54 Å². The SMILES string of the molecule is Cc1ccc(C)c(OCc2nnc3n2CCN(C(=O)OC(C)(C)C)C3)c1. The van der Waals surface area contributed by atoms with Gasteiger partial charge in [0.1, 0.15) is 18.0 Å². The van der Waals surface area contributed by atoms with Gasteiger partial charge in [0.2, 0.25) is 0 Å². The molecule has 1 aliphatic rings. The molecule has 1 amide bonds. The van der Waals surface area contributed by atoms with Crippen molar-refractivity contribution >= 4 is 6.09 Å². The predicted octanol–water partition coefficient (Wildman–Crippen LogP) is 3.22. The molecule has 0 unspecified atom stereocenters. The van der Waals surface area contributed by atoms with Gasteiger partial charge in [-0.25, -0.2) is 4.79 Å². The number of carbonyl (C=O) groups is 1. The van der Waals surface area contributed by atoms with Gasteiger partial charge in [-0.3, -0.25) is 4.90 Å². The zero-order valence-corrected chi connectivity index (χ0v) is 16.1. The van der Waals surface area contributed by atoms with Crippen LogP contribution in [0.2, 0.25) is 0 Å². The summed E-state index contributed by atoms with van der Waals surface area (Å²) in [6, 6.07) is 6.13. The quantitative estimate of drug-likeness (QED) is 0.842. The van der Waals surface area contributed by atoms with E-state index in [1.165, 1.54) is 0 Å². The maximum Gasteiger partial charge on any atom is 0.410 e. The second kappa shape index (κ2) is 6.97. The van der Waals surface area contributed by atoms with Gasteiger partial charge in [-0.05, 0) is 51.8 Å². The fraction of sp³-hybridized carbons (Fsp3) is 0.526. The number of aryl methyl sites for hydroxylation is 2. The number of aromatic nitrogens is 3. The Bertz CT molecular complexity index is 808. The second-order valence-corrected chi connectivity index (χ2v) is 7.64. The number of rotatable bonds is 3. The lowest BCUT2D eigenvalue weighted by atomic mass is 10.1. The molecule has 7 heteroatoms. The van der Waals surface area contributed by atoms with Gasteiger partial charge in [-0.2, -0.15) is 0 Å². The average Bonchev–Trinajstić information content (AvgIpc) is 2.96. The maximum absolute atomic E-state index is 12.2. The minimum atomic E-state index is -0.507. The minimum absolute atomic E-state index is 0.320. The average molecular weight is 358 g/mol. The number of benzene rings is 1. The largest absolute Gasteiger partial charge is 0.485 e. The third-order valence-electron chi connectivity index (χ3n) is 4.18. The molecule has 1 aromatic carbocycles. The molecule has 1 aliphatic heterocycles. The summed E-state index contributed by atoms with van der Waals surface area (Å²) in [6.07, 6.45) is -0.320. The molecule has 0 saturated heterocycles. The van der Waals surface area contributed by atoms with Crippen LogP contribution in [0.3, 0.4) is 0 Å². The Balaban J connectivity index is 1.66. The second-order valence-electron chi connectivity index (χ2n) is 7.64. The van der Waals surface area contributed by atoms with Crippen molar-refractivity contribution in [3.05, 3.63) is 41.0 Å². The normalized spacial score (nSPS) is 14.1. The highest BCUT2D eigenvalue weighted by Gasteiger charge is 2.28. The van der Waals surface area contributed by atoms with E-state index in [1.807, 2.05) is 51.3 Å². The zero-order valence-electron chi connectivity index (χ0n) is 16.1. The van der Waals surface area contributed by atoms with Gasteiger partial charge in [0.15, 0.2) is 11.6 Å². The maximum atomic E-state index is 12.2. The number of ether oxygens (including phenoxy) is 2. The summed E-state index contributed by atoms with van der Waals surface area (Å²) in [5.41, 5.74) is 1.74. The van der Waals surface area contributed by atoms with Crippen molar-refractivity contribution in [3.63, 3.8) is 0 Å². The van der Waals surface area contributed by atoms with Crippen LogP contribution in [-0.4, -0.2) is 37.9 Å². The van der Waals surface area contributed by atoms with Crippen molar-refractivity contribution in [2.24, 2.45) is 0 Å². The van der Waals surface area contributed by atoms with Crippen LogP contribution in [0, 0.1) is 13.8 Å². The Morgan fingerprint density at radius 2 is 1.96 bits per heavy atom. The molecule has 26 heavy (non-hydrogen) atoms. The van der Waals surface area contributed by atoms with Crippen molar-refractivity contribution < 1.29 is 14.3 Å². The van der Waals surface area contributed by atoms with E-state index in [-0.39, 0.29) is 6.09 Å². The molecule has 3 rings (SSSR count). The number of hydrogen-bond donors (Lipinski definition) is 0. The topological polar surface area (TPSA) is 69.5 Å². The fourth-order valence-electron chi connectivity index (χ4n) is 2.81. The standard InChI is InChI=1S/C19H26N4O3/c1-13-6-7-14(2)15(10-13)25-12-17-21-20-16-11-22(8-9-23(16)17)18(24)26-19(3,4)5/h6-7,10H,8-9,11-12H2,1-5H3. The van der Waals surface area contributed by atoms with Crippen molar-refractivity contribution in [1.82, 2.24) is 19.7 Å². The highest BCUT2D eigenvalue weighted by Crippen LogP contribution is 2.21. The molecule has 0 radical (unpaired) electrons. The van der Waals surface area contributed by atoms with E-state index in [4.69, 9.17) is 9.47 Å². The lowest BCUT2D eigenvalue weighted by Crippen LogP contribution is -2.41. The first-order valence-electron chi connectivity index (χ1n) is 8.82. The zero-order chi connectivity index (χ0) is 18.9. The molecule has 0 N–H and O–H groups in total. The summed E-state index contributed by atoms with van der Waals surface area (Å²) < 4.78 is 13.4. The van der Waals surface area contributed by atoms with Crippen LogP contribution in [0.4, 0.5) is 4.79 Å². The fourth-order valence-corrected chi connectivity index (χ4v) is 2.81. The van der Waals surface area contributed by atoms with Crippen molar-refractivity contribution in [2.75, 3.05) is 6.54 Å². The van der Waals surface area contributed by atoms with Crippen molar-refractivity contribution in [3.8, 4) is 5.75 Å². The van der Waals surface area contributed by atoms with Crippen LogP contribution in [0.5, 0.6) is 5.75 Å². The molecule has 140 valence electrons. The predicted molar refractivity (Wildman–Crippen MR) is 96.9 cm³/mol. The molecule has 2 heterocycles. The summed E-state index contributed by atoms with van der Waals surface area (Å²) >= 11 is 0. The molecular formula is C19H26N4O3. The first-order chi connectivity index (χ1) is 12.2. The van der Waals surface area contributed by atoms with E-state index < -0.39 is 5.60 Å². The van der Waals surface area contributed by atoms with Crippen molar-refractivity contribution in [1.29, 1.82) is 0 Å². The summed E-state index contributed by atoms with van der Waals surface area (Å²) in [6.45, 7) is 11.6. The molecule has 0 fully saturated rings. The van der Waals surface area contributed by atoms with E-state index in [2.05, 4.69) is 16.3 Å². The van der Waals surface area contributed by atoms with Crippen molar-refractivity contribution in [2.45, 2.75) is 59.9 Å². The smallest absolute Gasteiger partial charge is 0.410 e. The third-order valence-corrected chi connectivity index (χ3v) is 4.18. The summed E-state index contributed by atoms with van der Waals surface area (Å²) in [5, 5.41) is 8.46. The van der Waals surface area contributed by atoms with Crippen LogP contribution in [0.1, 0.15) is 43.5 Å². The van der Waals surface area contributed by atoms with Crippen LogP contribution in [0.15, 0.2) is 18.2 Å². The number of fused-ring (bicyclic) bond motifs is 1. The van der Waals surface area contributed by atoms with E-state index in [0.29, 0.717) is 26.2 Å². The highest BCUT2D eigenvalue weighted by atomic mass is 16.6. The summed E-state index contributed by atoms with van der Waals surface area (Å²) in [5.74, 6) is 2.37. The molecular weight excluding hydrogens is 332 g/mol. The van der Waals surface area contributed by atoms with E-state index in [0.717, 1.165) is 28.5 Å². The van der Waals surface area contributed by atoms with Crippen LogP contribution in [-0.2, 0) is 24.4 Å². The van der Waals surface area contributed by atoms with E-state index in [1.54, 1.807) is 4.90 Å². The Kier molecular flexibility index (Phi) is 4.89. The summed E-state index contributed by atoms with van der Waals surface area (Å²) in [7, 11) is 0.